The van der Waals surface area contributed by atoms with Gasteiger partial charge in [-0.3, -0.25) is 24.1 Å². The Balaban J connectivity index is 1.37. The second kappa shape index (κ2) is 9.36. The molecule has 0 spiro atoms. The minimum Gasteiger partial charge on any atom is -0.505 e. The van der Waals surface area contributed by atoms with Gasteiger partial charge in [0.1, 0.15) is 0 Å². The molecule has 0 radical (unpaired) electrons. The Hall–Kier alpha value is -4.30. The zero-order chi connectivity index (χ0) is 29.5. The van der Waals surface area contributed by atoms with E-state index in [-0.39, 0.29) is 30.6 Å². The number of amides is 4. The van der Waals surface area contributed by atoms with Gasteiger partial charge in [-0.25, -0.2) is 9.29 Å². The first-order valence-corrected chi connectivity index (χ1v) is 14.3. The molecule has 42 heavy (non-hydrogen) atoms. The molecule has 4 amide bonds. The van der Waals surface area contributed by atoms with Gasteiger partial charge in [0.05, 0.1) is 34.5 Å². The van der Waals surface area contributed by atoms with E-state index in [4.69, 9.17) is 11.6 Å². The van der Waals surface area contributed by atoms with Crippen molar-refractivity contribution < 1.29 is 28.7 Å². The molecule has 9 heteroatoms. The topological polar surface area (TPSA) is 95.0 Å². The molecule has 0 aromatic heterocycles. The fourth-order valence-electron chi connectivity index (χ4n) is 7.77. The van der Waals surface area contributed by atoms with Crippen LogP contribution in [0.3, 0.4) is 0 Å². The number of hydrogen-bond donors (Lipinski definition) is 1. The van der Waals surface area contributed by atoms with E-state index in [9.17, 15) is 28.7 Å². The lowest BCUT2D eigenvalue weighted by Gasteiger charge is -2.49. The van der Waals surface area contributed by atoms with Crippen LogP contribution < -0.4 is 9.80 Å². The van der Waals surface area contributed by atoms with Gasteiger partial charge in [-0.1, -0.05) is 47.5 Å². The van der Waals surface area contributed by atoms with Gasteiger partial charge in [0.2, 0.25) is 23.6 Å². The minimum atomic E-state index is -1.28. The molecule has 6 atom stereocenters. The number of para-hydroxylation sites is 1. The first-order chi connectivity index (χ1) is 20.1. The number of imide groups is 2. The summed E-state index contributed by atoms with van der Waals surface area (Å²) >= 11 is 6.04. The van der Waals surface area contributed by atoms with Gasteiger partial charge in [-0.15, -0.1) is 0 Å². The van der Waals surface area contributed by atoms with Crippen LogP contribution in [0.25, 0.3) is 0 Å². The Morgan fingerprint density at radius 2 is 1.55 bits per heavy atom. The second-order valence-electron chi connectivity index (χ2n) is 11.7. The van der Waals surface area contributed by atoms with E-state index >= 15 is 0 Å². The summed E-state index contributed by atoms with van der Waals surface area (Å²) in [6.45, 7) is 1.74. The van der Waals surface area contributed by atoms with Crippen LogP contribution in [-0.4, -0.2) is 28.7 Å². The summed E-state index contributed by atoms with van der Waals surface area (Å²) in [5, 5.41) is 10.4. The molecule has 4 aliphatic rings. The summed E-state index contributed by atoms with van der Waals surface area (Å²) in [7, 11) is 0. The zero-order valence-corrected chi connectivity index (χ0v) is 23.3. The first-order valence-electron chi connectivity index (χ1n) is 13.9. The molecular formula is C33H26ClFN2O5. The summed E-state index contributed by atoms with van der Waals surface area (Å²) in [4.78, 5) is 58.4. The highest BCUT2D eigenvalue weighted by Crippen LogP contribution is 2.63. The van der Waals surface area contributed by atoms with Crippen molar-refractivity contribution in [1.82, 2.24) is 0 Å². The summed E-state index contributed by atoms with van der Waals surface area (Å²) in [6, 6.07) is 19.1. The van der Waals surface area contributed by atoms with Crippen molar-refractivity contribution in [2.45, 2.75) is 25.7 Å². The van der Waals surface area contributed by atoms with Crippen LogP contribution in [0.4, 0.5) is 15.8 Å². The van der Waals surface area contributed by atoms with Crippen LogP contribution in [0.1, 0.15) is 31.2 Å². The summed E-state index contributed by atoms with van der Waals surface area (Å²) < 4.78 is 14.8. The van der Waals surface area contributed by atoms with E-state index in [1.807, 2.05) is 6.08 Å². The summed E-state index contributed by atoms with van der Waals surface area (Å²) in [6.07, 6.45) is 2.37. The fourth-order valence-corrected chi connectivity index (χ4v) is 7.89. The summed E-state index contributed by atoms with van der Waals surface area (Å²) in [5.74, 6) is -6.30. The number of carbonyl (C=O) groups excluding carboxylic acids is 4. The van der Waals surface area contributed by atoms with Gasteiger partial charge in [-0.05, 0) is 79.8 Å². The molecule has 2 aliphatic carbocycles. The normalized spacial score (nSPS) is 30.3. The molecule has 2 saturated heterocycles. The van der Waals surface area contributed by atoms with Crippen LogP contribution in [0, 0.1) is 34.9 Å². The average Bonchev–Trinajstić information content (AvgIpc) is 3.35. The van der Waals surface area contributed by atoms with E-state index in [2.05, 4.69) is 0 Å². The maximum absolute atomic E-state index is 14.8. The number of fused-ring (bicyclic) bond motifs is 4. The Kier molecular flexibility index (Phi) is 5.92. The van der Waals surface area contributed by atoms with Crippen molar-refractivity contribution in [2.24, 2.45) is 29.1 Å². The monoisotopic (exact) mass is 584 g/mol. The van der Waals surface area contributed by atoms with Crippen LogP contribution in [0.5, 0.6) is 5.75 Å². The van der Waals surface area contributed by atoms with Gasteiger partial charge >= 0.3 is 0 Å². The van der Waals surface area contributed by atoms with Crippen molar-refractivity contribution in [1.29, 1.82) is 0 Å². The third-order valence-electron chi connectivity index (χ3n) is 9.68. The molecule has 3 fully saturated rings. The quantitative estimate of drug-likeness (QED) is 0.318. The van der Waals surface area contributed by atoms with Gasteiger partial charge < -0.3 is 5.11 Å². The lowest BCUT2D eigenvalue weighted by Crippen LogP contribution is -2.48. The molecule has 1 N–H and O–H groups in total. The van der Waals surface area contributed by atoms with Gasteiger partial charge in [-0.2, -0.15) is 0 Å². The number of hydrogen-bond acceptors (Lipinski definition) is 5. The Morgan fingerprint density at radius 1 is 0.857 bits per heavy atom. The van der Waals surface area contributed by atoms with Gasteiger partial charge in [0.25, 0.3) is 0 Å². The highest BCUT2D eigenvalue weighted by Gasteiger charge is 2.67. The lowest BCUT2D eigenvalue weighted by molar-refractivity contribution is -0.131. The number of aromatic hydroxyl groups is 1. The Morgan fingerprint density at radius 3 is 2.24 bits per heavy atom. The molecule has 2 aliphatic heterocycles. The number of anilines is 2. The number of halogens is 2. The van der Waals surface area contributed by atoms with Crippen LogP contribution in [-0.2, 0) is 19.2 Å². The number of phenols is 1. The van der Waals surface area contributed by atoms with E-state index < -0.39 is 52.5 Å². The number of carbonyl (C=O) groups is 4. The maximum Gasteiger partial charge on any atom is 0.241 e. The molecule has 212 valence electrons. The fraction of sp³-hybridized carbons (Fsp3) is 0.273. The number of nitrogens with zero attached hydrogens (tertiary/aromatic N) is 2. The molecule has 1 saturated carbocycles. The third kappa shape index (κ3) is 3.57. The van der Waals surface area contributed by atoms with Crippen LogP contribution in [0.15, 0.2) is 84.4 Å². The summed E-state index contributed by atoms with van der Waals surface area (Å²) in [5.41, 5.74) is 0.748. The minimum absolute atomic E-state index is 0.196. The molecule has 0 unspecified atom stereocenters. The Bertz CT molecular complexity index is 1710. The van der Waals surface area contributed by atoms with E-state index in [0.29, 0.717) is 22.0 Å². The standard InChI is InChI=1S/C33H26ClFN2O5/c1-33-24(30(40)37(32(33)42)19-5-3-2-4-6-19)16-23-21(28(33)17-7-14-26(38)25(35)15-17)12-13-22-27(23)31(41)36(29(22)39)20-10-8-18(34)9-11-20/h2-12,14-15,22-24,27-28,38H,13,16H2,1H3/t22-,23+,24-,27-,28-,33+/m0/s1. The highest BCUT2D eigenvalue weighted by molar-refractivity contribution is 6.31. The number of rotatable bonds is 3. The second-order valence-corrected chi connectivity index (χ2v) is 12.1. The van der Waals surface area contributed by atoms with Crippen LogP contribution >= 0.6 is 11.6 Å². The van der Waals surface area contributed by atoms with Gasteiger partial charge in [0, 0.05) is 10.9 Å². The third-order valence-corrected chi connectivity index (χ3v) is 9.93. The molecular weight excluding hydrogens is 559 g/mol. The number of benzene rings is 3. The largest absolute Gasteiger partial charge is 0.505 e. The van der Waals surface area contributed by atoms with E-state index in [1.165, 1.54) is 21.9 Å². The van der Waals surface area contributed by atoms with Crippen molar-refractivity contribution in [3.8, 4) is 5.75 Å². The van der Waals surface area contributed by atoms with Crippen molar-refractivity contribution >= 4 is 46.6 Å². The van der Waals surface area contributed by atoms with E-state index in [0.717, 1.165) is 5.57 Å². The van der Waals surface area contributed by atoms with Gasteiger partial charge in [0.15, 0.2) is 11.6 Å². The van der Waals surface area contributed by atoms with Crippen molar-refractivity contribution in [2.75, 3.05) is 9.80 Å². The maximum atomic E-state index is 14.8. The lowest BCUT2D eigenvalue weighted by atomic mass is 9.51. The molecule has 7 nitrogen and oxygen atoms in total. The molecule has 7 rings (SSSR count). The predicted octanol–water partition coefficient (Wildman–Crippen LogP) is 5.62. The number of phenolic OH excluding ortho intramolecular Hbond substituents is 1. The molecule has 0 bridgehead atoms. The zero-order valence-electron chi connectivity index (χ0n) is 22.5. The smallest absolute Gasteiger partial charge is 0.241 e. The van der Waals surface area contributed by atoms with Crippen molar-refractivity contribution in [3.05, 3.63) is 101 Å². The first kappa shape index (κ1) is 26.6. The van der Waals surface area contributed by atoms with Crippen LogP contribution in [0.2, 0.25) is 5.02 Å². The predicted molar refractivity (Wildman–Crippen MR) is 153 cm³/mol. The molecule has 3 aromatic carbocycles. The van der Waals surface area contributed by atoms with Crippen molar-refractivity contribution in [3.63, 3.8) is 0 Å². The van der Waals surface area contributed by atoms with E-state index in [1.54, 1.807) is 67.6 Å². The Labute approximate surface area is 246 Å². The average molecular weight is 585 g/mol. The molecule has 3 aromatic rings. The SMILES string of the molecule is C[C@@]12C(=O)N(c3ccccc3)C(=O)[C@@H]1C[C@@H]1C(=CC[C@@H]3C(=O)N(c4ccc(Cl)cc4)C(=O)[C@@H]31)[C@@H]2c1ccc(O)c(F)c1. The number of allylic oxidation sites excluding steroid dienone is 2. The molecule has 2 heterocycles. The highest BCUT2D eigenvalue weighted by atomic mass is 35.5.